The van der Waals surface area contributed by atoms with Crippen molar-refractivity contribution in [1.29, 1.82) is 0 Å². The Bertz CT molecular complexity index is 1150. The molecule has 0 amide bonds. The number of nitrogens with zero attached hydrogens (tertiary/aromatic N) is 1. The number of unbranched alkanes of at least 4 members (excludes halogenated alkanes) is 8. The van der Waals surface area contributed by atoms with Crippen LogP contribution in [-0.4, -0.2) is 86.1 Å². The zero-order valence-corrected chi connectivity index (χ0v) is 34.5. The lowest BCUT2D eigenvalue weighted by atomic mass is 10.1. The van der Waals surface area contributed by atoms with Crippen LogP contribution in [0.4, 0.5) is 0 Å². The number of phosphoric acid groups is 1. The second-order valence-electron chi connectivity index (χ2n) is 14.1. The quantitative estimate of drug-likeness (QED) is 0.0164. The summed E-state index contributed by atoms with van der Waals surface area (Å²) in [7, 11) is 1.40. The van der Waals surface area contributed by atoms with Crippen molar-refractivity contribution in [2.45, 2.75) is 135 Å². The third-order valence-corrected chi connectivity index (χ3v) is 8.86. The highest BCUT2D eigenvalue weighted by atomic mass is 31.2. The first-order valence-corrected chi connectivity index (χ1v) is 21.3. The van der Waals surface area contributed by atoms with Gasteiger partial charge in [0.05, 0.1) is 33.9 Å². The third kappa shape index (κ3) is 37.5. The molecule has 2 N–H and O–H groups in total. The highest BCUT2D eigenvalue weighted by molar-refractivity contribution is 7.47. The Morgan fingerprint density at radius 3 is 1.91 bits per heavy atom. The molecule has 0 aliphatic heterocycles. The zero-order valence-electron chi connectivity index (χ0n) is 33.6. The van der Waals surface area contributed by atoms with E-state index in [9.17, 15) is 24.2 Å². The molecule has 0 aliphatic carbocycles. The number of hydrogen-bond donors (Lipinski definition) is 2. The van der Waals surface area contributed by atoms with Crippen LogP contribution >= 0.6 is 7.82 Å². The van der Waals surface area contributed by atoms with Gasteiger partial charge >= 0.3 is 19.8 Å². The van der Waals surface area contributed by atoms with Gasteiger partial charge in [0.2, 0.25) is 0 Å². The van der Waals surface area contributed by atoms with Crippen molar-refractivity contribution < 1.29 is 47.2 Å². The van der Waals surface area contributed by atoms with E-state index in [-0.39, 0.29) is 32.2 Å². The summed E-state index contributed by atoms with van der Waals surface area (Å²) in [5.41, 5.74) is 0. The van der Waals surface area contributed by atoms with Gasteiger partial charge in [-0.25, -0.2) is 4.57 Å². The number of allylic oxidation sites excluding steroid dienone is 11. The van der Waals surface area contributed by atoms with Gasteiger partial charge in [-0.3, -0.25) is 18.6 Å². The second kappa shape index (κ2) is 33.9. The molecule has 304 valence electrons. The summed E-state index contributed by atoms with van der Waals surface area (Å²) in [5, 5.41) is 9.47. The summed E-state index contributed by atoms with van der Waals surface area (Å²) in [4.78, 5) is 35.2. The molecular formula is C42H73NO9P+. The summed E-state index contributed by atoms with van der Waals surface area (Å²) in [6.07, 6.45) is 37.7. The van der Waals surface area contributed by atoms with Crippen molar-refractivity contribution in [1.82, 2.24) is 0 Å². The molecule has 11 heteroatoms. The molecule has 1 unspecified atom stereocenters. The molecule has 0 radical (unpaired) electrons. The fraction of sp³-hybridized carbons (Fsp3) is 0.667. The van der Waals surface area contributed by atoms with Crippen molar-refractivity contribution in [2.24, 2.45) is 0 Å². The molecule has 0 aromatic heterocycles. The monoisotopic (exact) mass is 767 g/mol. The first kappa shape index (κ1) is 50.4. The minimum atomic E-state index is -4.40. The number of aliphatic hydroxyl groups is 1. The Hall–Kier alpha value is -2.59. The molecule has 0 fully saturated rings. The van der Waals surface area contributed by atoms with Crippen molar-refractivity contribution in [2.75, 3.05) is 47.5 Å². The maximum absolute atomic E-state index is 12.6. The van der Waals surface area contributed by atoms with E-state index < -0.39 is 32.5 Å². The van der Waals surface area contributed by atoms with E-state index in [1.807, 2.05) is 58.4 Å². The normalized spacial score (nSPS) is 15.1. The molecule has 0 bridgehead atoms. The number of carbonyl (C=O) groups is 2. The molecule has 0 heterocycles. The summed E-state index contributed by atoms with van der Waals surface area (Å²) < 4.78 is 34.1. The number of ether oxygens (including phenoxy) is 2. The number of aliphatic hydroxyl groups excluding tert-OH is 1. The highest BCUT2D eigenvalue weighted by Gasteiger charge is 2.27. The fourth-order valence-corrected chi connectivity index (χ4v) is 5.31. The van der Waals surface area contributed by atoms with Crippen molar-refractivity contribution in [3.05, 3.63) is 72.9 Å². The van der Waals surface area contributed by atoms with Gasteiger partial charge in [0.15, 0.2) is 6.10 Å². The first-order chi connectivity index (χ1) is 25.4. The fourth-order valence-electron chi connectivity index (χ4n) is 4.57. The van der Waals surface area contributed by atoms with Gasteiger partial charge < -0.3 is 24.0 Å². The van der Waals surface area contributed by atoms with Gasteiger partial charge in [-0.05, 0) is 64.2 Å². The number of rotatable bonds is 34. The molecule has 10 nitrogen and oxygen atoms in total. The minimum Gasteiger partial charge on any atom is -0.462 e. The van der Waals surface area contributed by atoms with E-state index in [2.05, 4.69) is 43.4 Å². The Labute approximate surface area is 321 Å². The summed E-state index contributed by atoms with van der Waals surface area (Å²) >= 11 is 0. The van der Waals surface area contributed by atoms with Crippen LogP contribution in [-0.2, 0) is 32.7 Å². The Morgan fingerprint density at radius 1 is 0.679 bits per heavy atom. The highest BCUT2D eigenvalue weighted by Crippen LogP contribution is 2.43. The lowest BCUT2D eigenvalue weighted by Gasteiger charge is -2.24. The van der Waals surface area contributed by atoms with Crippen LogP contribution in [0.5, 0.6) is 0 Å². The van der Waals surface area contributed by atoms with Crippen molar-refractivity contribution in [3.8, 4) is 0 Å². The largest absolute Gasteiger partial charge is 0.472 e. The Morgan fingerprint density at radius 2 is 1.25 bits per heavy atom. The van der Waals surface area contributed by atoms with Crippen LogP contribution in [0.15, 0.2) is 72.9 Å². The van der Waals surface area contributed by atoms with Crippen molar-refractivity contribution >= 4 is 19.8 Å². The van der Waals surface area contributed by atoms with E-state index in [4.69, 9.17) is 18.5 Å². The zero-order chi connectivity index (χ0) is 39.5. The smallest absolute Gasteiger partial charge is 0.462 e. The molecule has 0 rings (SSSR count). The third-order valence-electron chi connectivity index (χ3n) is 7.88. The number of hydrogen-bond acceptors (Lipinski definition) is 8. The Balaban J connectivity index is 4.57. The van der Waals surface area contributed by atoms with Crippen LogP contribution in [0, 0.1) is 0 Å². The lowest BCUT2D eigenvalue weighted by molar-refractivity contribution is -0.870. The molecule has 3 atom stereocenters. The number of phosphoric ester groups is 1. The molecule has 0 aromatic rings. The predicted molar refractivity (Wildman–Crippen MR) is 216 cm³/mol. The van der Waals surface area contributed by atoms with Crippen LogP contribution in [0.2, 0.25) is 0 Å². The van der Waals surface area contributed by atoms with E-state index in [0.717, 1.165) is 57.8 Å². The van der Waals surface area contributed by atoms with E-state index >= 15 is 0 Å². The van der Waals surface area contributed by atoms with Gasteiger partial charge in [0.25, 0.3) is 0 Å². The van der Waals surface area contributed by atoms with Gasteiger partial charge in [-0.15, -0.1) is 0 Å². The Kier molecular flexibility index (Phi) is 32.3. The second-order valence-corrected chi connectivity index (χ2v) is 15.6. The number of carbonyl (C=O) groups excluding carboxylic acids is 2. The molecule has 0 saturated heterocycles. The first-order valence-electron chi connectivity index (χ1n) is 19.8. The maximum atomic E-state index is 12.6. The SMILES string of the molecule is CCCC/C=C\CCCCCCCC(=O)OC[C@H](COP(=O)(O)OCC[N+](C)(C)C)OC(=O)CCC/C=C\C/C=C\C/C=C\C/C=C\C=C\[C@H](O)CC. The van der Waals surface area contributed by atoms with E-state index in [0.29, 0.717) is 36.7 Å². The molecule has 0 saturated carbocycles. The van der Waals surface area contributed by atoms with Crippen LogP contribution in [0.1, 0.15) is 123 Å². The van der Waals surface area contributed by atoms with E-state index in [1.165, 1.54) is 12.8 Å². The summed E-state index contributed by atoms with van der Waals surface area (Å²) in [6.45, 7) is 3.92. The van der Waals surface area contributed by atoms with Gasteiger partial charge in [0.1, 0.15) is 19.8 Å². The number of quaternary nitrogens is 1. The standard InChI is InChI=1S/C42H72NO9P/c1-6-8-9-10-11-12-17-21-24-27-30-33-41(45)49-37-40(38-51-53(47,48)50-36-35-43(3,4)5)52-42(46)34-31-28-25-22-19-16-14-13-15-18-20-23-26-29-32-39(44)7-2/h10-11,14-16,18,22-23,25-26,29,32,39-40,44H,6-9,12-13,17,19-21,24,27-28,30-31,33-38H2,1-5H3/p+1/b11-10-,16-14-,18-15-,25-22-,26-23-,32-29+/t39-,40-/m1/s1. The summed E-state index contributed by atoms with van der Waals surface area (Å²) in [6, 6.07) is 0. The van der Waals surface area contributed by atoms with Crippen molar-refractivity contribution in [3.63, 3.8) is 0 Å². The topological polar surface area (TPSA) is 129 Å². The molecular weight excluding hydrogens is 693 g/mol. The average Bonchev–Trinajstić information content (AvgIpc) is 3.10. The van der Waals surface area contributed by atoms with Gasteiger partial charge in [-0.2, -0.15) is 0 Å². The molecule has 53 heavy (non-hydrogen) atoms. The maximum Gasteiger partial charge on any atom is 0.472 e. The number of esters is 2. The van der Waals surface area contributed by atoms with Crippen LogP contribution < -0.4 is 0 Å². The van der Waals surface area contributed by atoms with Gasteiger partial charge in [-0.1, -0.05) is 119 Å². The molecule has 0 spiro atoms. The van der Waals surface area contributed by atoms with E-state index in [1.54, 1.807) is 6.08 Å². The van der Waals surface area contributed by atoms with Crippen LogP contribution in [0.3, 0.4) is 0 Å². The van der Waals surface area contributed by atoms with Crippen LogP contribution in [0.25, 0.3) is 0 Å². The summed E-state index contributed by atoms with van der Waals surface area (Å²) in [5.74, 6) is -0.908. The number of likely N-dealkylation sites (N-methyl/N-ethyl adjacent to an activating group) is 1. The predicted octanol–water partition coefficient (Wildman–Crippen LogP) is 9.65. The molecule has 0 aliphatic rings. The average molecular weight is 767 g/mol. The molecule has 0 aromatic carbocycles. The lowest BCUT2D eigenvalue weighted by Crippen LogP contribution is -2.37. The van der Waals surface area contributed by atoms with Gasteiger partial charge in [0, 0.05) is 12.8 Å². The minimum absolute atomic E-state index is 0.00951.